The van der Waals surface area contributed by atoms with Crippen LogP contribution in [0.5, 0.6) is 0 Å². The lowest BCUT2D eigenvalue weighted by molar-refractivity contribution is -0.119. The lowest BCUT2D eigenvalue weighted by Gasteiger charge is -2.16. The molecule has 2 aromatic rings. The number of carbonyl (C=O) groups excluding carboxylic acids is 3. The standard InChI is InChI=1S/C17H17N3O6S2/c18-15(22)13-6-8-27-16(13)19-14(21)10-26-17(23)11-2-4-12(5-3-11)20-7-1-9-28(20,24)25/h2-6,8H,1,7,9-10H2,(H2,18,22)(H,19,21). The highest BCUT2D eigenvalue weighted by molar-refractivity contribution is 7.93. The third-order valence-corrected chi connectivity index (χ3v) is 6.71. The van der Waals surface area contributed by atoms with Gasteiger partial charge in [0.05, 0.1) is 22.6 Å². The zero-order chi connectivity index (χ0) is 20.3. The fourth-order valence-electron chi connectivity index (χ4n) is 2.67. The number of sulfonamides is 1. The van der Waals surface area contributed by atoms with E-state index in [2.05, 4.69) is 5.32 Å². The van der Waals surface area contributed by atoms with Gasteiger partial charge in [-0.3, -0.25) is 13.9 Å². The molecule has 3 rings (SSSR count). The van der Waals surface area contributed by atoms with Crippen molar-refractivity contribution in [2.45, 2.75) is 6.42 Å². The molecule has 0 atom stereocenters. The van der Waals surface area contributed by atoms with E-state index in [-0.39, 0.29) is 21.9 Å². The number of benzene rings is 1. The average molecular weight is 423 g/mol. The maximum Gasteiger partial charge on any atom is 0.338 e. The number of amides is 2. The van der Waals surface area contributed by atoms with Gasteiger partial charge >= 0.3 is 5.97 Å². The number of hydrogen-bond donors (Lipinski definition) is 2. The van der Waals surface area contributed by atoms with Crippen LogP contribution in [0.15, 0.2) is 35.7 Å². The zero-order valence-electron chi connectivity index (χ0n) is 14.6. The molecule has 9 nitrogen and oxygen atoms in total. The summed E-state index contributed by atoms with van der Waals surface area (Å²) in [4.78, 5) is 35.2. The monoisotopic (exact) mass is 423 g/mol. The molecule has 1 aromatic heterocycles. The summed E-state index contributed by atoms with van der Waals surface area (Å²) < 4.78 is 30.1. The largest absolute Gasteiger partial charge is 0.452 e. The summed E-state index contributed by atoms with van der Waals surface area (Å²) in [5.74, 6) is -1.91. The van der Waals surface area contributed by atoms with Crippen LogP contribution in [0.3, 0.4) is 0 Å². The Labute approximate surface area is 165 Å². The van der Waals surface area contributed by atoms with Gasteiger partial charge in [0.2, 0.25) is 10.0 Å². The number of anilines is 2. The second kappa shape index (κ2) is 7.98. The molecular formula is C17H17N3O6S2. The molecule has 0 radical (unpaired) electrons. The van der Waals surface area contributed by atoms with Crippen LogP contribution in [-0.4, -0.2) is 45.1 Å². The van der Waals surface area contributed by atoms with Crippen molar-refractivity contribution in [1.29, 1.82) is 0 Å². The van der Waals surface area contributed by atoms with E-state index in [1.54, 1.807) is 5.38 Å². The molecule has 2 amide bonds. The number of primary amides is 1. The van der Waals surface area contributed by atoms with Crippen molar-refractivity contribution in [2.24, 2.45) is 5.73 Å². The summed E-state index contributed by atoms with van der Waals surface area (Å²) >= 11 is 1.12. The number of ether oxygens (including phenoxy) is 1. The van der Waals surface area contributed by atoms with Crippen LogP contribution >= 0.6 is 11.3 Å². The van der Waals surface area contributed by atoms with Crippen LogP contribution in [0.25, 0.3) is 0 Å². The van der Waals surface area contributed by atoms with Crippen molar-refractivity contribution < 1.29 is 27.5 Å². The number of rotatable bonds is 6. The highest BCUT2D eigenvalue weighted by Gasteiger charge is 2.28. The Kier molecular flexibility index (Phi) is 5.66. The lowest BCUT2D eigenvalue weighted by atomic mass is 10.2. The summed E-state index contributed by atoms with van der Waals surface area (Å²) in [6.07, 6.45) is 0.558. The van der Waals surface area contributed by atoms with Crippen molar-refractivity contribution >= 4 is 49.8 Å². The zero-order valence-corrected chi connectivity index (χ0v) is 16.2. The highest BCUT2D eigenvalue weighted by Crippen LogP contribution is 2.24. The predicted octanol–water partition coefficient (Wildman–Crippen LogP) is 1.18. The second-order valence-electron chi connectivity index (χ2n) is 5.94. The number of esters is 1. The maximum atomic E-state index is 12.1. The Morgan fingerprint density at radius 3 is 2.50 bits per heavy atom. The van der Waals surface area contributed by atoms with E-state index in [1.807, 2.05) is 0 Å². The molecule has 0 aliphatic carbocycles. The van der Waals surface area contributed by atoms with E-state index in [1.165, 1.54) is 34.6 Å². The van der Waals surface area contributed by atoms with Gasteiger partial charge in [-0.05, 0) is 42.1 Å². The Hall–Kier alpha value is -2.92. The molecule has 11 heteroatoms. The van der Waals surface area contributed by atoms with Crippen molar-refractivity contribution in [1.82, 2.24) is 0 Å². The molecule has 0 bridgehead atoms. The van der Waals surface area contributed by atoms with Gasteiger partial charge in [0.25, 0.3) is 11.8 Å². The van der Waals surface area contributed by atoms with Crippen LogP contribution in [0.2, 0.25) is 0 Å². The van der Waals surface area contributed by atoms with Crippen LogP contribution in [0.4, 0.5) is 10.7 Å². The molecule has 0 spiro atoms. The minimum atomic E-state index is -3.30. The Bertz CT molecular complexity index is 1010. The van der Waals surface area contributed by atoms with Gasteiger partial charge in [0.1, 0.15) is 5.00 Å². The number of thiophene rings is 1. The van der Waals surface area contributed by atoms with Crippen molar-refractivity contribution in [3.05, 3.63) is 46.8 Å². The molecular weight excluding hydrogens is 406 g/mol. The lowest BCUT2D eigenvalue weighted by Crippen LogP contribution is -2.25. The van der Waals surface area contributed by atoms with Crippen LogP contribution in [0, 0.1) is 0 Å². The van der Waals surface area contributed by atoms with E-state index in [9.17, 15) is 22.8 Å². The topological polar surface area (TPSA) is 136 Å². The average Bonchev–Trinajstić information content (AvgIpc) is 3.25. The molecule has 1 aliphatic heterocycles. The first-order valence-electron chi connectivity index (χ1n) is 8.23. The van der Waals surface area contributed by atoms with Gasteiger partial charge in [-0.25, -0.2) is 13.2 Å². The molecule has 1 saturated heterocycles. The molecule has 1 fully saturated rings. The first-order chi connectivity index (χ1) is 13.3. The normalized spacial score (nSPS) is 15.2. The first-order valence-corrected chi connectivity index (χ1v) is 10.7. The van der Waals surface area contributed by atoms with Gasteiger partial charge in [-0.1, -0.05) is 0 Å². The highest BCUT2D eigenvalue weighted by atomic mass is 32.2. The SMILES string of the molecule is NC(=O)c1ccsc1NC(=O)COC(=O)c1ccc(N2CCCS2(=O)=O)cc1. The third kappa shape index (κ3) is 4.31. The van der Waals surface area contributed by atoms with E-state index in [4.69, 9.17) is 10.5 Å². The quantitative estimate of drug-likeness (QED) is 0.670. The molecule has 148 valence electrons. The number of nitrogens with one attached hydrogen (secondary N) is 1. The third-order valence-electron chi connectivity index (χ3n) is 4.01. The molecule has 0 unspecified atom stereocenters. The number of nitrogens with two attached hydrogens (primary N) is 1. The minimum absolute atomic E-state index is 0.105. The Morgan fingerprint density at radius 1 is 1.18 bits per heavy atom. The van der Waals surface area contributed by atoms with Crippen molar-refractivity contribution in [2.75, 3.05) is 28.5 Å². The molecule has 1 aliphatic rings. The number of carbonyl (C=O) groups is 3. The Morgan fingerprint density at radius 2 is 1.89 bits per heavy atom. The fourth-order valence-corrected chi connectivity index (χ4v) is 5.04. The van der Waals surface area contributed by atoms with Crippen molar-refractivity contribution in [3.8, 4) is 0 Å². The van der Waals surface area contributed by atoms with Gasteiger partial charge in [0, 0.05) is 6.54 Å². The van der Waals surface area contributed by atoms with Crippen LogP contribution in [-0.2, 0) is 19.6 Å². The first kappa shape index (κ1) is 19.8. The fraction of sp³-hybridized carbons (Fsp3) is 0.235. The predicted molar refractivity (Wildman–Crippen MR) is 104 cm³/mol. The minimum Gasteiger partial charge on any atom is -0.452 e. The summed E-state index contributed by atoms with van der Waals surface area (Å²) in [6.45, 7) is -0.139. The summed E-state index contributed by atoms with van der Waals surface area (Å²) in [7, 11) is -3.30. The van der Waals surface area contributed by atoms with Gasteiger partial charge in [-0.2, -0.15) is 0 Å². The maximum absolute atomic E-state index is 12.1. The van der Waals surface area contributed by atoms with Crippen molar-refractivity contribution in [3.63, 3.8) is 0 Å². The van der Waals surface area contributed by atoms with Crippen LogP contribution in [0.1, 0.15) is 27.1 Å². The molecule has 2 heterocycles. The summed E-state index contributed by atoms with van der Waals surface area (Å²) in [5.41, 5.74) is 6.03. The number of hydrogen-bond acceptors (Lipinski definition) is 7. The smallest absolute Gasteiger partial charge is 0.338 e. The van der Waals surface area contributed by atoms with E-state index < -0.39 is 34.4 Å². The summed E-state index contributed by atoms with van der Waals surface area (Å²) in [5, 5.41) is 4.35. The second-order valence-corrected chi connectivity index (χ2v) is 8.87. The summed E-state index contributed by atoms with van der Waals surface area (Å²) in [6, 6.07) is 7.40. The van der Waals surface area contributed by atoms with Crippen LogP contribution < -0.4 is 15.4 Å². The molecule has 1 aromatic carbocycles. The molecule has 0 saturated carbocycles. The van der Waals surface area contributed by atoms with Gasteiger partial charge < -0.3 is 15.8 Å². The van der Waals surface area contributed by atoms with E-state index in [0.29, 0.717) is 18.7 Å². The number of nitrogens with zero attached hydrogens (tertiary/aromatic N) is 1. The molecule has 3 N–H and O–H groups in total. The van der Waals surface area contributed by atoms with Gasteiger partial charge in [-0.15, -0.1) is 11.3 Å². The van der Waals surface area contributed by atoms with E-state index in [0.717, 1.165) is 11.3 Å². The Balaban J connectivity index is 1.57. The van der Waals surface area contributed by atoms with E-state index >= 15 is 0 Å². The van der Waals surface area contributed by atoms with Gasteiger partial charge in [0.15, 0.2) is 6.61 Å². The molecule has 28 heavy (non-hydrogen) atoms.